The third kappa shape index (κ3) is 3.51. The maximum atomic E-state index is 12.2. The number of aromatic amines is 1. The summed E-state index contributed by atoms with van der Waals surface area (Å²) in [7, 11) is 1.64. The molecule has 0 fully saturated rings. The van der Waals surface area contributed by atoms with Crippen molar-refractivity contribution < 1.29 is 9.53 Å². The lowest BCUT2D eigenvalue weighted by molar-refractivity contribution is 0.0948. The third-order valence-corrected chi connectivity index (χ3v) is 3.44. The van der Waals surface area contributed by atoms with Crippen molar-refractivity contribution >= 4 is 17.1 Å². The molecule has 0 aliphatic rings. The fourth-order valence-electron chi connectivity index (χ4n) is 2.26. The zero-order valence-electron chi connectivity index (χ0n) is 12.7. The molecule has 2 N–H and O–H groups in total. The van der Waals surface area contributed by atoms with Crippen molar-refractivity contribution in [2.45, 2.75) is 6.42 Å². The minimum atomic E-state index is -0.0987. The molecule has 1 amide bonds. The smallest absolute Gasteiger partial charge is 0.251 e. The molecular weight excluding hydrogens is 294 g/mol. The number of hydrogen-bond acceptors (Lipinski definition) is 5. The van der Waals surface area contributed by atoms with Gasteiger partial charge in [0.15, 0.2) is 0 Å². The Balaban J connectivity index is 1.77. The fraction of sp³-hybridized carbons (Fsp3) is 0.250. The Labute approximate surface area is 133 Å². The predicted molar refractivity (Wildman–Crippen MR) is 85.9 cm³/mol. The van der Waals surface area contributed by atoms with Gasteiger partial charge in [0.05, 0.1) is 0 Å². The molecule has 3 aromatic rings. The molecule has 0 saturated heterocycles. The van der Waals surface area contributed by atoms with Gasteiger partial charge in [-0.15, -0.1) is 5.10 Å². The second kappa shape index (κ2) is 6.97. The highest BCUT2D eigenvalue weighted by atomic mass is 16.5. The van der Waals surface area contributed by atoms with Gasteiger partial charge in [-0.3, -0.25) is 4.79 Å². The van der Waals surface area contributed by atoms with E-state index in [-0.39, 0.29) is 5.91 Å². The average Bonchev–Trinajstić information content (AvgIpc) is 3.06. The zero-order valence-corrected chi connectivity index (χ0v) is 12.7. The Hall–Kier alpha value is -2.80. The van der Waals surface area contributed by atoms with Crippen molar-refractivity contribution in [3.63, 3.8) is 0 Å². The number of nitrogens with one attached hydrogen (secondary N) is 2. The number of ether oxygens (including phenoxy) is 1. The standard InChI is InChI=1S/C16H17N5O2/c1-23-7-3-6-17-16(22)12-5-2-4-11(8-12)13-9-14-15(18-10-13)20-21-19-14/h2,4-5,8-10H,3,6-7H2,1H3,(H,17,22)(H,18,19,20,21). The molecule has 0 bridgehead atoms. The largest absolute Gasteiger partial charge is 0.385 e. The van der Waals surface area contributed by atoms with E-state index in [9.17, 15) is 4.79 Å². The number of pyridine rings is 1. The highest BCUT2D eigenvalue weighted by Crippen LogP contribution is 2.22. The lowest BCUT2D eigenvalue weighted by Gasteiger charge is -2.07. The van der Waals surface area contributed by atoms with Crippen LogP contribution in [0.2, 0.25) is 0 Å². The van der Waals surface area contributed by atoms with Crippen LogP contribution >= 0.6 is 0 Å². The van der Waals surface area contributed by atoms with Crippen molar-refractivity contribution in [2.24, 2.45) is 0 Å². The lowest BCUT2D eigenvalue weighted by atomic mass is 10.0. The summed E-state index contributed by atoms with van der Waals surface area (Å²) in [6.45, 7) is 1.22. The topological polar surface area (TPSA) is 92.8 Å². The maximum Gasteiger partial charge on any atom is 0.251 e. The fourth-order valence-corrected chi connectivity index (χ4v) is 2.26. The minimum absolute atomic E-state index is 0.0987. The van der Waals surface area contributed by atoms with Crippen molar-refractivity contribution in [1.82, 2.24) is 25.7 Å². The van der Waals surface area contributed by atoms with Gasteiger partial charge < -0.3 is 10.1 Å². The van der Waals surface area contributed by atoms with Crippen LogP contribution in [0.15, 0.2) is 36.5 Å². The Kier molecular flexibility index (Phi) is 4.58. The third-order valence-electron chi connectivity index (χ3n) is 3.44. The van der Waals surface area contributed by atoms with E-state index < -0.39 is 0 Å². The molecule has 118 valence electrons. The van der Waals surface area contributed by atoms with E-state index in [1.165, 1.54) is 0 Å². The average molecular weight is 311 g/mol. The Bertz CT molecular complexity index is 815. The molecule has 7 nitrogen and oxygen atoms in total. The summed E-state index contributed by atoms with van der Waals surface area (Å²) in [4.78, 5) is 16.4. The molecule has 0 atom stereocenters. The van der Waals surface area contributed by atoms with Crippen molar-refractivity contribution in [2.75, 3.05) is 20.3 Å². The summed E-state index contributed by atoms with van der Waals surface area (Å²) < 4.78 is 4.96. The molecule has 0 spiro atoms. The minimum Gasteiger partial charge on any atom is -0.385 e. The van der Waals surface area contributed by atoms with Gasteiger partial charge in [-0.1, -0.05) is 12.1 Å². The summed E-state index contributed by atoms with van der Waals surface area (Å²) in [5.41, 5.74) is 3.67. The van der Waals surface area contributed by atoms with Gasteiger partial charge >= 0.3 is 0 Å². The number of benzene rings is 1. The second-order valence-electron chi connectivity index (χ2n) is 5.07. The molecule has 0 aliphatic heterocycles. The molecule has 3 rings (SSSR count). The maximum absolute atomic E-state index is 12.2. The molecule has 0 aliphatic carbocycles. The van der Waals surface area contributed by atoms with Crippen LogP contribution in [0.3, 0.4) is 0 Å². The molecule has 2 aromatic heterocycles. The first-order valence-electron chi connectivity index (χ1n) is 7.32. The number of amides is 1. The number of hydrogen-bond donors (Lipinski definition) is 2. The van der Waals surface area contributed by atoms with Crippen LogP contribution in [0.1, 0.15) is 16.8 Å². The molecule has 0 radical (unpaired) electrons. The van der Waals surface area contributed by atoms with Gasteiger partial charge in [0, 0.05) is 37.6 Å². The van der Waals surface area contributed by atoms with E-state index in [0.717, 1.165) is 17.5 Å². The van der Waals surface area contributed by atoms with Crippen molar-refractivity contribution in [3.8, 4) is 11.1 Å². The van der Waals surface area contributed by atoms with Crippen LogP contribution in [0.25, 0.3) is 22.3 Å². The normalized spacial score (nSPS) is 10.8. The summed E-state index contributed by atoms with van der Waals surface area (Å²) in [6, 6.07) is 9.31. The first-order chi connectivity index (χ1) is 11.3. The molecular formula is C16H17N5O2. The van der Waals surface area contributed by atoms with Crippen LogP contribution in [-0.2, 0) is 4.74 Å². The van der Waals surface area contributed by atoms with E-state index in [1.807, 2.05) is 24.3 Å². The first-order valence-corrected chi connectivity index (χ1v) is 7.32. The molecule has 2 heterocycles. The second-order valence-corrected chi connectivity index (χ2v) is 5.07. The number of carbonyl (C=O) groups excluding carboxylic acids is 1. The van der Waals surface area contributed by atoms with E-state index >= 15 is 0 Å². The van der Waals surface area contributed by atoms with E-state index in [0.29, 0.717) is 29.9 Å². The van der Waals surface area contributed by atoms with Crippen LogP contribution in [0.5, 0.6) is 0 Å². The number of methoxy groups -OCH3 is 1. The number of rotatable bonds is 6. The lowest BCUT2D eigenvalue weighted by Crippen LogP contribution is -2.25. The molecule has 23 heavy (non-hydrogen) atoms. The first kappa shape index (κ1) is 15.1. The summed E-state index contributed by atoms with van der Waals surface area (Å²) in [6.07, 6.45) is 2.51. The van der Waals surface area contributed by atoms with Gasteiger partial charge in [-0.2, -0.15) is 10.3 Å². The summed E-state index contributed by atoms with van der Waals surface area (Å²) >= 11 is 0. The van der Waals surface area contributed by atoms with E-state index in [1.54, 1.807) is 19.4 Å². The quantitative estimate of drug-likeness (QED) is 0.677. The van der Waals surface area contributed by atoms with E-state index in [4.69, 9.17) is 4.74 Å². The van der Waals surface area contributed by atoms with Crippen LogP contribution in [0, 0.1) is 0 Å². The number of aromatic nitrogens is 4. The van der Waals surface area contributed by atoms with Crippen LogP contribution in [-0.4, -0.2) is 46.6 Å². The number of nitrogens with zero attached hydrogens (tertiary/aromatic N) is 3. The van der Waals surface area contributed by atoms with Crippen LogP contribution in [0.4, 0.5) is 0 Å². The van der Waals surface area contributed by atoms with Crippen molar-refractivity contribution in [3.05, 3.63) is 42.1 Å². The number of fused-ring (bicyclic) bond motifs is 1. The summed E-state index contributed by atoms with van der Waals surface area (Å²) in [5, 5.41) is 13.4. The van der Waals surface area contributed by atoms with Gasteiger partial charge in [0.2, 0.25) is 5.65 Å². The monoisotopic (exact) mass is 311 g/mol. The predicted octanol–water partition coefficient (Wildman–Crippen LogP) is 1.79. The van der Waals surface area contributed by atoms with Gasteiger partial charge in [-0.25, -0.2) is 4.98 Å². The molecule has 0 saturated carbocycles. The van der Waals surface area contributed by atoms with Gasteiger partial charge in [-0.05, 0) is 30.2 Å². The molecule has 1 aromatic carbocycles. The van der Waals surface area contributed by atoms with Crippen molar-refractivity contribution in [1.29, 1.82) is 0 Å². The molecule has 7 heteroatoms. The molecule has 0 unspecified atom stereocenters. The Morgan fingerprint density at radius 3 is 3.04 bits per heavy atom. The van der Waals surface area contributed by atoms with Gasteiger partial charge in [0.1, 0.15) is 5.52 Å². The zero-order chi connectivity index (χ0) is 16.1. The Morgan fingerprint density at radius 2 is 2.17 bits per heavy atom. The SMILES string of the molecule is COCCCNC(=O)c1cccc(-c2cnc3n[nH]nc3c2)c1. The number of carbonyl (C=O) groups is 1. The van der Waals surface area contributed by atoms with Crippen LogP contribution < -0.4 is 5.32 Å². The number of H-pyrrole nitrogens is 1. The summed E-state index contributed by atoms with van der Waals surface area (Å²) in [5.74, 6) is -0.0987. The highest BCUT2D eigenvalue weighted by molar-refractivity contribution is 5.95. The Morgan fingerprint density at radius 1 is 1.26 bits per heavy atom. The van der Waals surface area contributed by atoms with E-state index in [2.05, 4.69) is 25.7 Å². The highest BCUT2D eigenvalue weighted by Gasteiger charge is 2.08. The van der Waals surface area contributed by atoms with Gasteiger partial charge in [0.25, 0.3) is 5.91 Å².